The van der Waals surface area contributed by atoms with E-state index in [-0.39, 0.29) is 0 Å². The Hall–Kier alpha value is -0.450. The molecule has 0 aliphatic carbocycles. The van der Waals surface area contributed by atoms with Crippen LogP contribution in [0.25, 0.3) is 0 Å². The van der Waals surface area contributed by atoms with Crippen LogP contribution in [0.4, 0.5) is 0 Å². The molecule has 1 aliphatic heterocycles. The van der Waals surface area contributed by atoms with E-state index in [0.717, 1.165) is 38.4 Å². The number of aliphatic hydroxyl groups excluding tert-OH is 1. The van der Waals surface area contributed by atoms with Gasteiger partial charge in [-0.1, -0.05) is 13.8 Å². The minimum atomic E-state index is 0.327. The summed E-state index contributed by atoms with van der Waals surface area (Å²) in [6, 6.07) is 0. The zero-order valence-electron chi connectivity index (χ0n) is 11.4. The van der Waals surface area contributed by atoms with Crippen molar-refractivity contribution in [3.8, 4) is 0 Å². The summed E-state index contributed by atoms with van der Waals surface area (Å²) in [7, 11) is 0. The highest BCUT2D eigenvalue weighted by molar-refractivity contribution is 7.09. The van der Waals surface area contributed by atoms with E-state index in [1.54, 1.807) is 11.3 Å². The molecule has 0 aromatic carbocycles. The lowest BCUT2D eigenvalue weighted by molar-refractivity contribution is 0.219. The number of nitrogens with zero attached hydrogens (tertiary/aromatic N) is 2. The highest BCUT2D eigenvalue weighted by Gasteiger charge is 2.22. The van der Waals surface area contributed by atoms with Gasteiger partial charge in [-0.2, -0.15) is 0 Å². The van der Waals surface area contributed by atoms with Gasteiger partial charge in [0, 0.05) is 25.1 Å². The van der Waals surface area contributed by atoms with Gasteiger partial charge in [0.05, 0.1) is 10.7 Å². The fourth-order valence-corrected chi connectivity index (χ4v) is 3.19. The van der Waals surface area contributed by atoms with Crippen molar-refractivity contribution in [2.24, 2.45) is 11.8 Å². The molecule has 18 heavy (non-hydrogen) atoms. The van der Waals surface area contributed by atoms with Gasteiger partial charge in [0.2, 0.25) is 0 Å². The molecule has 2 rings (SSSR count). The first kappa shape index (κ1) is 14.0. The second kappa shape index (κ2) is 6.64. The first-order valence-corrected chi connectivity index (χ1v) is 7.82. The Kier molecular flexibility index (Phi) is 5.15. The summed E-state index contributed by atoms with van der Waals surface area (Å²) >= 11 is 1.79. The predicted octanol–water partition coefficient (Wildman–Crippen LogP) is 2.55. The molecule has 0 spiro atoms. The molecular formula is C14H24N2OS. The van der Waals surface area contributed by atoms with Crippen LogP contribution in [0.1, 0.15) is 37.4 Å². The van der Waals surface area contributed by atoms with Crippen molar-refractivity contribution < 1.29 is 5.11 Å². The molecule has 1 unspecified atom stereocenters. The van der Waals surface area contributed by atoms with E-state index in [0.29, 0.717) is 12.5 Å². The minimum absolute atomic E-state index is 0.327. The van der Waals surface area contributed by atoms with Crippen LogP contribution in [0, 0.1) is 11.8 Å². The van der Waals surface area contributed by atoms with Crippen LogP contribution in [0.5, 0.6) is 0 Å². The van der Waals surface area contributed by atoms with Crippen molar-refractivity contribution in [3.05, 3.63) is 16.1 Å². The third-order valence-corrected chi connectivity index (χ3v) is 4.51. The first-order chi connectivity index (χ1) is 8.67. The van der Waals surface area contributed by atoms with Crippen molar-refractivity contribution in [3.63, 3.8) is 0 Å². The summed E-state index contributed by atoms with van der Waals surface area (Å²) in [4.78, 5) is 7.12. The SMILES string of the molecule is CC(C)CCc1nc(CN2CCC(CO)C2)cs1. The van der Waals surface area contributed by atoms with Crippen LogP contribution in [0.2, 0.25) is 0 Å². The Morgan fingerprint density at radius 3 is 3.06 bits per heavy atom. The highest BCUT2D eigenvalue weighted by Crippen LogP contribution is 2.20. The average Bonchev–Trinajstić information content (AvgIpc) is 2.96. The summed E-state index contributed by atoms with van der Waals surface area (Å²) in [5, 5.41) is 12.6. The standard InChI is InChI=1S/C14H24N2OS/c1-11(2)3-4-14-15-13(10-18-14)8-16-6-5-12(7-16)9-17/h10-12,17H,3-9H2,1-2H3. The number of hydrogen-bond acceptors (Lipinski definition) is 4. The van der Waals surface area contributed by atoms with E-state index >= 15 is 0 Å². The topological polar surface area (TPSA) is 36.4 Å². The Bertz CT molecular complexity index is 364. The maximum absolute atomic E-state index is 9.14. The van der Waals surface area contributed by atoms with Gasteiger partial charge >= 0.3 is 0 Å². The van der Waals surface area contributed by atoms with Crippen LogP contribution < -0.4 is 0 Å². The van der Waals surface area contributed by atoms with Crippen molar-refractivity contribution >= 4 is 11.3 Å². The molecule has 1 aliphatic rings. The number of likely N-dealkylation sites (tertiary alicyclic amines) is 1. The Balaban J connectivity index is 1.80. The maximum atomic E-state index is 9.14. The third-order valence-electron chi connectivity index (χ3n) is 3.55. The number of aryl methyl sites for hydroxylation is 1. The van der Waals surface area contributed by atoms with Crippen LogP contribution in [0.3, 0.4) is 0 Å². The predicted molar refractivity (Wildman–Crippen MR) is 75.7 cm³/mol. The Labute approximate surface area is 114 Å². The van der Waals surface area contributed by atoms with E-state index in [4.69, 9.17) is 10.1 Å². The zero-order valence-corrected chi connectivity index (χ0v) is 12.2. The lowest BCUT2D eigenvalue weighted by atomic mass is 10.1. The zero-order chi connectivity index (χ0) is 13.0. The molecule has 2 heterocycles. The molecule has 102 valence electrons. The summed E-state index contributed by atoms with van der Waals surface area (Å²) in [5.74, 6) is 1.23. The number of aromatic nitrogens is 1. The summed E-state index contributed by atoms with van der Waals surface area (Å²) in [6.45, 7) is 7.92. The van der Waals surface area contributed by atoms with Crippen molar-refractivity contribution in [1.29, 1.82) is 0 Å². The number of rotatable bonds is 6. The Morgan fingerprint density at radius 2 is 2.39 bits per heavy atom. The molecular weight excluding hydrogens is 244 g/mol. The fourth-order valence-electron chi connectivity index (χ4n) is 2.38. The van der Waals surface area contributed by atoms with Crippen molar-refractivity contribution in [2.75, 3.05) is 19.7 Å². The molecule has 3 nitrogen and oxygen atoms in total. The summed E-state index contributed by atoms with van der Waals surface area (Å²) in [5.41, 5.74) is 1.21. The van der Waals surface area contributed by atoms with E-state index in [9.17, 15) is 0 Å². The lowest BCUT2D eigenvalue weighted by Gasteiger charge is -2.13. The molecule has 1 atom stereocenters. The molecule has 0 bridgehead atoms. The van der Waals surface area contributed by atoms with Crippen LogP contribution in [0.15, 0.2) is 5.38 Å². The number of hydrogen-bond donors (Lipinski definition) is 1. The second-order valence-corrected chi connectivity index (χ2v) is 6.68. The van der Waals surface area contributed by atoms with Crippen LogP contribution in [-0.2, 0) is 13.0 Å². The van der Waals surface area contributed by atoms with Gasteiger partial charge in [-0.25, -0.2) is 4.98 Å². The largest absolute Gasteiger partial charge is 0.396 e. The number of thiazole rings is 1. The Morgan fingerprint density at radius 1 is 1.56 bits per heavy atom. The molecule has 0 radical (unpaired) electrons. The normalized spacial score (nSPS) is 21.0. The molecule has 1 aromatic heterocycles. The van der Waals surface area contributed by atoms with Crippen LogP contribution >= 0.6 is 11.3 Å². The molecule has 4 heteroatoms. The van der Waals surface area contributed by atoms with E-state index < -0.39 is 0 Å². The smallest absolute Gasteiger partial charge is 0.0928 e. The van der Waals surface area contributed by atoms with Gasteiger partial charge in [-0.15, -0.1) is 11.3 Å². The van der Waals surface area contributed by atoms with Crippen LogP contribution in [-0.4, -0.2) is 34.7 Å². The summed E-state index contributed by atoms with van der Waals surface area (Å²) in [6.07, 6.45) is 3.46. The van der Waals surface area contributed by atoms with E-state index in [2.05, 4.69) is 24.1 Å². The quantitative estimate of drug-likeness (QED) is 0.861. The molecule has 0 saturated carbocycles. The third kappa shape index (κ3) is 4.04. The molecule has 1 fully saturated rings. The highest BCUT2D eigenvalue weighted by atomic mass is 32.1. The van der Waals surface area contributed by atoms with Crippen molar-refractivity contribution in [2.45, 2.75) is 39.7 Å². The van der Waals surface area contributed by atoms with Gasteiger partial charge in [0.15, 0.2) is 0 Å². The molecule has 1 aromatic rings. The first-order valence-electron chi connectivity index (χ1n) is 6.94. The van der Waals surface area contributed by atoms with Gasteiger partial charge in [-0.05, 0) is 37.6 Å². The maximum Gasteiger partial charge on any atom is 0.0928 e. The lowest BCUT2D eigenvalue weighted by Crippen LogP contribution is -2.21. The average molecular weight is 268 g/mol. The molecule has 1 saturated heterocycles. The van der Waals surface area contributed by atoms with E-state index in [1.165, 1.54) is 17.1 Å². The van der Waals surface area contributed by atoms with Gasteiger partial charge < -0.3 is 5.11 Å². The van der Waals surface area contributed by atoms with Gasteiger partial charge in [0.25, 0.3) is 0 Å². The molecule has 1 N–H and O–H groups in total. The van der Waals surface area contributed by atoms with Gasteiger partial charge in [-0.3, -0.25) is 4.90 Å². The fraction of sp³-hybridized carbons (Fsp3) is 0.786. The molecule has 0 amide bonds. The number of aliphatic hydroxyl groups is 1. The summed E-state index contributed by atoms with van der Waals surface area (Å²) < 4.78 is 0. The monoisotopic (exact) mass is 268 g/mol. The van der Waals surface area contributed by atoms with E-state index in [1.807, 2.05) is 0 Å². The van der Waals surface area contributed by atoms with Gasteiger partial charge in [0.1, 0.15) is 0 Å². The second-order valence-electron chi connectivity index (χ2n) is 5.74. The minimum Gasteiger partial charge on any atom is -0.396 e. The van der Waals surface area contributed by atoms with Crippen molar-refractivity contribution in [1.82, 2.24) is 9.88 Å².